The Labute approximate surface area is 165 Å². The minimum atomic E-state index is -4.32. The van der Waals surface area contributed by atoms with Crippen LogP contribution in [0.4, 0.5) is 0 Å². The van der Waals surface area contributed by atoms with Crippen LogP contribution in [0.15, 0.2) is 23.3 Å². The van der Waals surface area contributed by atoms with Gasteiger partial charge in [0, 0.05) is 18.5 Å². The van der Waals surface area contributed by atoms with Crippen molar-refractivity contribution in [3.05, 3.63) is 23.3 Å². The lowest BCUT2D eigenvalue weighted by Crippen LogP contribution is -2.09. The average Bonchev–Trinajstić information content (AvgIpc) is 2.51. The Kier molecular flexibility index (Phi) is 13.2. The van der Waals surface area contributed by atoms with E-state index >= 15 is 0 Å². The molecular formula is C20H36O5P2. The maximum Gasteiger partial charge on any atom is 0.332 e. The first kappa shape index (κ1) is 26.4. The summed E-state index contributed by atoms with van der Waals surface area (Å²) in [5, 5.41) is 0. The summed E-state index contributed by atoms with van der Waals surface area (Å²) in [6, 6.07) is 0. The zero-order valence-electron chi connectivity index (χ0n) is 17.4. The first-order chi connectivity index (χ1) is 12.5. The van der Waals surface area contributed by atoms with Crippen LogP contribution in [-0.4, -0.2) is 34.3 Å². The third-order valence-electron chi connectivity index (χ3n) is 4.02. The molecule has 0 aliphatic carbocycles. The Balaban J connectivity index is 4.08. The number of hydrogen-bond acceptors (Lipinski definition) is 3. The minimum absolute atomic E-state index is 0.106. The van der Waals surface area contributed by atoms with E-state index in [2.05, 4.69) is 44.8 Å². The summed E-state index contributed by atoms with van der Waals surface area (Å²) in [5.41, 5.74) is 2.41. The largest absolute Gasteiger partial charge is 0.373 e. The smallest absolute Gasteiger partial charge is 0.332 e. The first-order valence-electron chi connectivity index (χ1n) is 9.41. The van der Waals surface area contributed by atoms with Gasteiger partial charge in [-0.1, -0.05) is 37.1 Å². The highest BCUT2D eigenvalue weighted by atomic mass is 31.2. The lowest BCUT2D eigenvalue weighted by atomic mass is 10.1. The van der Waals surface area contributed by atoms with E-state index in [1.165, 1.54) is 11.1 Å². The van der Waals surface area contributed by atoms with E-state index in [-0.39, 0.29) is 12.0 Å². The monoisotopic (exact) mass is 418 g/mol. The molecule has 1 atom stereocenters. The summed E-state index contributed by atoms with van der Waals surface area (Å²) in [5.74, 6) is 5.52. The highest BCUT2D eigenvalue weighted by Crippen LogP contribution is 2.60. The van der Waals surface area contributed by atoms with E-state index in [9.17, 15) is 9.13 Å². The lowest BCUT2D eigenvalue weighted by molar-refractivity contribution is 0.181. The Morgan fingerprint density at radius 3 is 2.22 bits per heavy atom. The van der Waals surface area contributed by atoms with Crippen molar-refractivity contribution in [2.24, 2.45) is 0 Å². The van der Waals surface area contributed by atoms with Crippen LogP contribution in [-0.2, 0) is 13.9 Å². The van der Waals surface area contributed by atoms with E-state index in [1.807, 2.05) is 0 Å². The molecule has 27 heavy (non-hydrogen) atoms. The zero-order valence-corrected chi connectivity index (χ0v) is 19.2. The number of ether oxygens (including phenoxy) is 1. The first-order valence-corrected chi connectivity index (χ1v) is 13.4. The van der Waals surface area contributed by atoms with Crippen LogP contribution >= 0.6 is 14.7 Å². The molecule has 0 aliphatic heterocycles. The number of allylic oxidation sites excluding steroid dienone is 4. The van der Waals surface area contributed by atoms with E-state index in [0.29, 0.717) is 13.0 Å². The van der Waals surface area contributed by atoms with Crippen LogP contribution in [0.25, 0.3) is 0 Å². The van der Waals surface area contributed by atoms with Gasteiger partial charge >= 0.3 is 7.60 Å². The van der Waals surface area contributed by atoms with Crippen LogP contribution in [0.2, 0.25) is 0 Å². The fourth-order valence-corrected chi connectivity index (χ4v) is 7.13. The standard InChI is InChI=1S/C20H36O5P2/c1-18(2)12-11-14-20(5)13-9-7-6-8-10-15-25-16-26(21,19(3)4)17-27(22,23)24/h12-13,19H,7,9-11,14-17H2,1-5H3,(H2,22,23,24)/b20-13+. The van der Waals surface area contributed by atoms with Crippen molar-refractivity contribution in [1.29, 1.82) is 0 Å². The predicted octanol–water partition coefficient (Wildman–Crippen LogP) is 5.73. The summed E-state index contributed by atoms with van der Waals surface area (Å²) in [6.45, 7) is 10.1. The summed E-state index contributed by atoms with van der Waals surface area (Å²) >= 11 is 0. The Morgan fingerprint density at radius 1 is 1.04 bits per heavy atom. The van der Waals surface area contributed by atoms with E-state index in [4.69, 9.17) is 14.5 Å². The van der Waals surface area contributed by atoms with E-state index in [0.717, 1.165) is 25.7 Å². The van der Waals surface area contributed by atoms with Gasteiger partial charge in [-0.15, -0.1) is 11.8 Å². The molecule has 0 fully saturated rings. The van der Waals surface area contributed by atoms with Crippen molar-refractivity contribution in [3.63, 3.8) is 0 Å². The van der Waals surface area contributed by atoms with Gasteiger partial charge in [0.25, 0.3) is 0 Å². The Hall–Kier alpha value is -0.620. The van der Waals surface area contributed by atoms with E-state index < -0.39 is 20.6 Å². The van der Waals surface area contributed by atoms with Crippen molar-refractivity contribution < 1.29 is 23.7 Å². The van der Waals surface area contributed by atoms with Gasteiger partial charge in [-0.05, 0) is 40.0 Å². The SMILES string of the molecule is CC(C)=CCC/C(C)=C/CCC#CCCOCP(=O)(CP(=O)(O)O)C(C)C. The van der Waals surface area contributed by atoms with Gasteiger partial charge in [-0.2, -0.15) is 0 Å². The van der Waals surface area contributed by atoms with Crippen molar-refractivity contribution in [1.82, 2.24) is 0 Å². The molecule has 0 saturated heterocycles. The number of unbranched alkanes of at least 4 members (excludes halogenated alkanes) is 1. The van der Waals surface area contributed by atoms with Gasteiger partial charge in [-0.25, -0.2) is 0 Å². The topological polar surface area (TPSA) is 83.8 Å². The van der Waals surface area contributed by atoms with Crippen molar-refractivity contribution in [2.75, 3.05) is 18.9 Å². The van der Waals surface area contributed by atoms with Gasteiger partial charge in [-0.3, -0.25) is 4.57 Å². The van der Waals surface area contributed by atoms with Crippen LogP contribution < -0.4 is 0 Å². The molecule has 0 amide bonds. The van der Waals surface area contributed by atoms with Gasteiger partial charge in [0.1, 0.15) is 19.4 Å². The second-order valence-electron chi connectivity index (χ2n) is 7.40. The fraction of sp³-hybridized carbons (Fsp3) is 0.700. The average molecular weight is 418 g/mol. The molecule has 0 radical (unpaired) electrons. The third kappa shape index (κ3) is 15.0. The normalized spacial score (nSPS) is 14.4. The summed E-state index contributed by atoms with van der Waals surface area (Å²) < 4.78 is 29.2. The molecule has 0 aliphatic rings. The lowest BCUT2D eigenvalue weighted by Gasteiger charge is -2.22. The maximum absolute atomic E-state index is 12.6. The maximum atomic E-state index is 12.6. The minimum Gasteiger partial charge on any atom is -0.373 e. The molecule has 0 aromatic rings. The van der Waals surface area contributed by atoms with Crippen LogP contribution in [0.5, 0.6) is 0 Å². The van der Waals surface area contributed by atoms with Crippen molar-refractivity contribution >= 4 is 14.7 Å². The molecular weight excluding hydrogens is 382 g/mol. The molecule has 1 unspecified atom stereocenters. The van der Waals surface area contributed by atoms with Crippen LogP contribution in [0, 0.1) is 11.8 Å². The van der Waals surface area contributed by atoms with Crippen molar-refractivity contribution in [2.45, 2.75) is 72.4 Å². The zero-order chi connectivity index (χ0) is 20.9. The molecule has 7 heteroatoms. The molecule has 5 nitrogen and oxygen atoms in total. The molecule has 0 aromatic heterocycles. The predicted molar refractivity (Wildman–Crippen MR) is 115 cm³/mol. The summed E-state index contributed by atoms with van der Waals surface area (Å²) in [6.07, 6.45) is 8.78. The second kappa shape index (κ2) is 13.5. The molecule has 0 aromatic carbocycles. The summed E-state index contributed by atoms with van der Waals surface area (Å²) in [4.78, 5) is 18.2. The third-order valence-corrected chi connectivity index (χ3v) is 9.92. The quantitative estimate of drug-likeness (QED) is 0.183. The Morgan fingerprint density at radius 2 is 1.67 bits per heavy atom. The molecule has 0 spiro atoms. The number of hydrogen-bond donors (Lipinski definition) is 2. The molecule has 0 saturated carbocycles. The van der Waals surface area contributed by atoms with Crippen LogP contribution in [0.3, 0.4) is 0 Å². The highest BCUT2D eigenvalue weighted by Gasteiger charge is 2.34. The van der Waals surface area contributed by atoms with E-state index in [1.54, 1.807) is 13.8 Å². The van der Waals surface area contributed by atoms with Gasteiger partial charge in [0.2, 0.25) is 0 Å². The van der Waals surface area contributed by atoms with Gasteiger partial charge in [0.05, 0.1) is 6.61 Å². The molecule has 0 rings (SSSR count). The Bertz CT molecular complexity index is 643. The second-order valence-corrected chi connectivity index (χ2v) is 13.1. The summed E-state index contributed by atoms with van der Waals surface area (Å²) in [7, 11) is -7.37. The molecule has 0 bridgehead atoms. The molecule has 0 heterocycles. The van der Waals surface area contributed by atoms with Crippen molar-refractivity contribution in [3.8, 4) is 11.8 Å². The molecule has 156 valence electrons. The molecule has 2 N–H and O–H groups in total. The van der Waals surface area contributed by atoms with Gasteiger partial charge in [0.15, 0.2) is 0 Å². The van der Waals surface area contributed by atoms with Crippen LogP contribution in [0.1, 0.15) is 66.7 Å². The van der Waals surface area contributed by atoms with Gasteiger partial charge < -0.3 is 19.1 Å². The fourth-order valence-electron chi connectivity index (χ4n) is 2.27. The number of rotatable bonds is 12. The highest BCUT2D eigenvalue weighted by molar-refractivity contribution is 7.76.